The largest absolute Gasteiger partial charge is 0.459 e. The van der Waals surface area contributed by atoms with Crippen molar-refractivity contribution in [3.05, 3.63) is 52.5 Å². The van der Waals surface area contributed by atoms with Crippen molar-refractivity contribution in [3.8, 4) is 0 Å². The first kappa shape index (κ1) is 14.9. The standard InChI is InChI=1S/C19H17N5O2/c1-10-8-16(25)22-15-9-12(4-5-13(10)15)21-19-23-14-6-7-26-17(14)18(24-19)20-11-2-3-11/h4-9,11H,2-3H2,1H3,(H,22,25)(H2,20,21,23,24). The highest BCUT2D eigenvalue weighted by molar-refractivity contribution is 5.87. The maximum atomic E-state index is 11.7. The molecule has 0 unspecified atom stereocenters. The zero-order valence-corrected chi connectivity index (χ0v) is 14.2. The molecule has 0 aliphatic heterocycles. The molecule has 0 spiro atoms. The van der Waals surface area contributed by atoms with E-state index in [2.05, 4.69) is 25.6 Å². The Morgan fingerprint density at radius 1 is 1.19 bits per heavy atom. The van der Waals surface area contributed by atoms with Crippen LogP contribution < -0.4 is 16.2 Å². The van der Waals surface area contributed by atoms with Gasteiger partial charge in [-0.05, 0) is 37.5 Å². The summed E-state index contributed by atoms with van der Waals surface area (Å²) in [4.78, 5) is 23.7. The molecule has 7 nitrogen and oxygen atoms in total. The van der Waals surface area contributed by atoms with Gasteiger partial charge in [0.1, 0.15) is 5.52 Å². The van der Waals surface area contributed by atoms with Crippen LogP contribution in [0.4, 0.5) is 17.5 Å². The Morgan fingerprint density at radius 3 is 2.92 bits per heavy atom. The van der Waals surface area contributed by atoms with Gasteiger partial charge in [-0.25, -0.2) is 4.98 Å². The molecule has 1 fully saturated rings. The number of benzene rings is 1. The van der Waals surface area contributed by atoms with E-state index in [9.17, 15) is 4.79 Å². The van der Waals surface area contributed by atoms with Crippen LogP contribution in [0.25, 0.3) is 22.0 Å². The molecule has 3 aromatic heterocycles. The van der Waals surface area contributed by atoms with E-state index in [0.717, 1.165) is 40.5 Å². The molecule has 4 aromatic rings. The predicted molar refractivity (Wildman–Crippen MR) is 101 cm³/mol. The first-order chi connectivity index (χ1) is 12.7. The van der Waals surface area contributed by atoms with Crippen molar-refractivity contribution < 1.29 is 4.42 Å². The van der Waals surface area contributed by atoms with Gasteiger partial charge in [0, 0.05) is 29.2 Å². The zero-order valence-electron chi connectivity index (χ0n) is 14.2. The van der Waals surface area contributed by atoms with Gasteiger partial charge in [-0.2, -0.15) is 4.98 Å². The van der Waals surface area contributed by atoms with Gasteiger partial charge in [-0.3, -0.25) is 4.79 Å². The van der Waals surface area contributed by atoms with Crippen LogP contribution in [0, 0.1) is 6.92 Å². The van der Waals surface area contributed by atoms with Crippen molar-refractivity contribution in [2.75, 3.05) is 10.6 Å². The molecule has 1 saturated carbocycles. The summed E-state index contributed by atoms with van der Waals surface area (Å²) in [6.07, 6.45) is 3.91. The van der Waals surface area contributed by atoms with Gasteiger partial charge in [0.15, 0.2) is 11.4 Å². The summed E-state index contributed by atoms with van der Waals surface area (Å²) in [5.74, 6) is 1.19. The summed E-state index contributed by atoms with van der Waals surface area (Å²) < 4.78 is 5.51. The molecule has 0 amide bonds. The third kappa shape index (κ3) is 2.67. The van der Waals surface area contributed by atoms with E-state index in [0.29, 0.717) is 23.4 Å². The van der Waals surface area contributed by atoms with Crippen LogP contribution in [0.1, 0.15) is 18.4 Å². The molecule has 3 N–H and O–H groups in total. The van der Waals surface area contributed by atoms with E-state index < -0.39 is 0 Å². The van der Waals surface area contributed by atoms with Crippen molar-refractivity contribution in [1.29, 1.82) is 0 Å². The van der Waals surface area contributed by atoms with Gasteiger partial charge in [-0.15, -0.1) is 0 Å². The third-order valence-corrected chi connectivity index (χ3v) is 4.53. The topological polar surface area (TPSA) is 95.8 Å². The number of aromatic amines is 1. The number of anilines is 3. The predicted octanol–water partition coefficient (Wildman–Crippen LogP) is 3.69. The molecule has 1 aliphatic carbocycles. The van der Waals surface area contributed by atoms with Crippen molar-refractivity contribution in [3.63, 3.8) is 0 Å². The molecule has 1 aromatic carbocycles. The SMILES string of the molecule is Cc1cc(=O)[nH]c2cc(Nc3nc(NC4CC4)c4occc4n3)ccc12. The van der Waals surface area contributed by atoms with E-state index >= 15 is 0 Å². The molecule has 7 heteroatoms. The number of nitrogens with zero attached hydrogens (tertiary/aromatic N) is 2. The second-order valence-corrected chi connectivity index (χ2v) is 6.65. The quantitative estimate of drug-likeness (QED) is 0.521. The summed E-state index contributed by atoms with van der Waals surface area (Å²) >= 11 is 0. The first-order valence-corrected chi connectivity index (χ1v) is 8.58. The Hall–Kier alpha value is -3.35. The van der Waals surface area contributed by atoms with E-state index in [-0.39, 0.29) is 5.56 Å². The lowest BCUT2D eigenvalue weighted by Crippen LogP contribution is -2.07. The summed E-state index contributed by atoms with van der Waals surface area (Å²) in [7, 11) is 0. The zero-order chi connectivity index (χ0) is 17.7. The highest BCUT2D eigenvalue weighted by Gasteiger charge is 2.23. The van der Waals surface area contributed by atoms with Crippen molar-refractivity contribution in [2.24, 2.45) is 0 Å². The smallest absolute Gasteiger partial charge is 0.248 e. The van der Waals surface area contributed by atoms with Crippen LogP contribution in [0.3, 0.4) is 0 Å². The second-order valence-electron chi connectivity index (χ2n) is 6.65. The molecular formula is C19H17N5O2. The van der Waals surface area contributed by atoms with Gasteiger partial charge in [-0.1, -0.05) is 6.07 Å². The Morgan fingerprint density at radius 2 is 2.08 bits per heavy atom. The number of hydrogen-bond donors (Lipinski definition) is 3. The van der Waals surface area contributed by atoms with Crippen molar-refractivity contribution >= 4 is 39.5 Å². The number of rotatable bonds is 4. The van der Waals surface area contributed by atoms with E-state index in [1.807, 2.05) is 31.2 Å². The monoisotopic (exact) mass is 347 g/mol. The lowest BCUT2D eigenvalue weighted by molar-refractivity contribution is 0.614. The molecule has 0 atom stereocenters. The van der Waals surface area contributed by atoms with Crippen LogP contribution in [-0.2, 0) is 0 Å². The summed E-state index contributed by atoms with van der Waals surface area (Å²) in [5.41, 5.74) is 3.83. The highest BCUT2D eigenvalue weighted by atomic mass is 16.3. The molecule has 5 rings (SSSR count). The van der Waals surface area contributed by atoms with Gasteiger partial charge < -0.3 is 20.0 Å². The Balaban J connectivity index is 1.54. The Bertz CT molecular complexity index is 1190. The number of fused-ring (bicyclic) bond motifs is 2. The maximum absolute atomic E-state index is 11.7. The van der Waals surface area contributed by atoms with Crippen LogP contribution in [0.2, 0.25) is 0 Å². The third-order valence-electron chi connectivity index (χ3n) is 4.53. The number of furan rings is 1. The van der Waals surface area contributed by atoms with Gasteiger partial charge in [0.25, 0.3) is 0 Å². The molecular weight excluding hydrogens is 330 g/mol. The van der Waals surface area contributed by atoms with Crippen LogP contribution in [0.15, 0.2) is 45.8 Å². The summed E-state index contributed by atoms with van der Waals surface area (Å²) in [6, 6.07) is 9.69. The van der Waals surface area contributed by atoms with Gasteiger partial charge in [0.05, 0.1) is 11.8 Å². The number of aryl methyl sites for hydroxylation is 1. The molecule has 0 bridgehead atoms. The second kappa shape index (κ2) is 5.59. The van der Waals surface area contributed by atoms with Crippen LogP contribution in [-0.4, -0.2) is 21.0 Å². The number of hydrogen-bond acceptors (Lipinski definition) is 6. The maximum Gasteiger partial charge on any atom is 0.248 e. The Labute approximate surface area is 148 Å². The summed E-state index contributed by atoms with van der Waals surface area (Å²) in [5, 5.41) is 7.62. The fourth-order valence-corrected chi connectivity index (χ4v) is 3.08. The first-order valence-electron chi connectivity index (χ1n) is 8.58. The van der Waals surface area contributed by atoms with Gasteiger partial charge in [0.2, 0.25) is 11.5 Å². The molecule has 1 aliphatic rings. The minimum atomic E-state index is -0.112. The number of nitrogens with one attached hydrogen (secondary N) is 3. The van der Waals surface area contributed by atoms with Crippen LogP contribution in [0.5, 0.6) is 0 Å². The van der Waals surface area contributed by atoms with E-state index in [4.69, 9.17) is 4.42 Å². The molecule has 0 saturated heterocycles. The summed E-state index contributed by atoms with van der Waals surface area (Å²) in [6.45, 7) is 1.93. The van der Waals surface area contributed by atoms with E-state index in [1.54, 1.807) is 12.3 Å². The van der Waals surface area contributed by atoms with Gasteiger partial charge >= 0.3 is 0 Å². The number of H-pyrrole nitrogens is 1. The molecule has 0 radical (unpaired) electrons. The lowest BCUT2D eigenvalue weighted by Gasteiger charge is -2.10. The fraction of sp³-hybridized carbons (Fsp3) is 0.211. The van der Waals surface area contributed by atoms with Crippen molar-refractivity contribution in [2.45, 2.75) is 25.8 Å². The number of pyridine rings is 1. The average Bonchev–Trinajstić information content (AvgIpc) is 3.28. The van der Waals surface area contributed by atoms with E-state index in [1.165, 1.54) is 0 Å². The highest BCUT2D eigenvalue weighted by Crippen LogP contribution is 2.30. The normalized spacial score (nSPS) is 14.0. The minimum absolute atomic E-state index is 0.112. The average molecular weight is 347 g/mol. The fourth-order valence-electron chi connectivity index (χ4n) is 3.08. The Kier molecular flexibility index (Phi) is 3.21. The van der Waals surface area contributed by atoms with Crippen LogP contribution >= 0.6 is 0 Å². The lowest BCUT2D eigenvalue weighted by atomic mass is 10.1. The molecule has 26 heavy (non-hydrogen) atoms. The molecule has 3 heterocycles. The van der Waals surface area contributed by atoms with Crippen molar-refractivity contribution in [1.82, 2.24) is 15.0 Å². The molecule has 130 valence electrons. The number of aromatic nitrogens is 3. The minimum Gasteiger partial charge on any atom is -0.459 e.